The van der Waals surface area contributed by atoms with Crippen LogP contribution >= 0.6 is 0 Å². The molecule has 0 aromatic rings. The Kier molecular flexibility index (Phi) is 3.66. The first-order valence-corrected chi connectivity index (χ1v) is 6.34. The quantitative estimate of drug-likeness (QED) is 0.688. The molecule has 2 aliphatic heterocycles. The van der Waals surface area contributed by atoms with Crippen LogP contribution in [0.1, 0.15) is 20.3 Å². The number of nitrogens with one attached hydrogen (secondary N) is 2. The summed E-state index contributed by atoms with van der Waals surface area (Å²) in [5, 5.41) is 6.13. The molecule has 0 aromatic carbocycles. The first kappa shape index (κ1) is 12.4. The fraction of sp³-hybridized carbons (Fsp3) is 0.833. The molecule has 2 aliphatic rings. The molecular formula is C12H21N3O2. The average Bonchev–Trinajstić information content (AvgIpc) is 2.85. The number of carbonyl (C=O) groups excluding carboxylic acids is 2. The second kappa shape index (κ2) is 5.04. The highest BCUT2D eigenvalue weighted by atomic mass is 16.2. The highest BCUT2D eigenvalue weighted by Gasteiger charge is 2.35. The van der Waals surface area contributed by atoms with Crippen molar-refractivity contribution in [2.45, 2.75) is 26.3 Å². The van der Waals surface area contributed by atoms with Crippen LogP contribution in [0.5, 0.6) is 0 Å². The third kappa shape index (κ3) is 2.77. The molecule has 3 atom stereocenters. The van der Waals surface area contributed by atoms with Gasteiger partial charge in [0.05, 0.1) is 5.92 Å². The Morgan fingerprint density at radius 2 is 2.12 bits per heavy atom. The van der Waals surface area contributed by atoms with E-state index in [9.17, 15) is 9.59 Å². The van der Waals surface area contributed by atoms with E-state index < -0.39 is 0 Å². The Morgan fingerprint density at radius 3 is 2.71 bits per heavy atom. The van der Waals surface area contributed by atoms with Gasteiger partial charge in [-0.2, -0.15) is 0 Å². The molecule has 0 saturated carbocycles. The maximum absolute atomic E-state index is 12.3. The highest BCUT2D eigenvalue weighted by molar-refractivity contribution is 5.80. The second-order valence-corrected chi connectivity index (χ2v) is 5.21. The minimum Gasteiger partial charge on any atom is -0.352 e. The number of rotatable bonds is 2. The van der Waals surface area contributed by atoms with Crippen LogP contribution in [0.15, 0.2) is 0 Å². The van der Waals surface area contributed by atoms with Gasteiger partial charge in [-0.15, -0.1) is 0 Å². The number of hydrogen-bond acceptors (Lipinski definition) is 3. The van der Waals surface area contributed by atoms with E-state index in [1.54, 1.807) is 0 Å². The van der Waals surface area contributed by atoms with Crippen LogP contribution in [0.2, 0.25) is 0 Å². The molecule has 1 unspecified atom stereocenters. The van der Waals surface area contributed by atoms with Gasteiger partial charge in [0.2, 0.25) is 11.8 Å². The number of hydrogen-bond donors (Lipinski definition) is 2. The zero-order chi connectivity index (χ0) is 12.4. The van der Waals surface area contributed by atoms with Gasteiger partial charge in [0.15, 0.2) is 0 Å². The molecule has 2 rings (SSSR count). The zero-order valence-corrected chi connectivity index (χ0v) is 10.5. The minimum atomic E-state index is -0.0137. The summed E-state index contributed by atoms with van der Waals surface area (Å²) in [5.74, 6) is 0.768. The number of likely N-dealkylation sites (tertiary alicyclic amines) is 1. The van der Waals surface area contributed by atoms with Crippen molar-refractivity contribution in [2.24, 2.45) is 11.8 Å². The topological polar surface area (TPSA) is 61.4 Å². The molecule has 2 heterocycles. The lowest BCUT2D eigenvalue weighted by Gasteiger charge is -2.22. The van der Waals surface area contributed by atoms with E-state index in [1.807, 2.05) is 4.90 Å². The summed E-state index contributed by atoms with van der Waals surface area (Å²) in [6.45, 7) is 6.80. The molecule has 0 aliphatic carbocycles. The minimum absolute atomic E-state index is 0.0137. The Balaban J connectivity index is 1.87. The molecule has 2 amide bonds. The summed E-state index contributed by atoms with van der Waals surface area (Å²) in [7, 11) is 0. The van der Waals surface area contributed by atoms with E-state index in [1.165, 1.54) is 6.92 Å². The molecule has 5 nitrogen and oxygen atoms in total. The van der Waals surface area contributed by atoms with Gasteiger partial charge in [-0.1, -0.05) is 6.92 Å². The lowest BCUT2D eigenvalue weighted by molar-refractivity contribution is -0.135. The first-order chi connectivity index (χ1) is 8.08. The molecule has 0 aromatic heterocycles. The fourth-order valence-electron chi connectivity index (χ4n) is 2.74. The Morgan fingerprint density at radius 1 is 1.35 bits per heavy atom. The summed E-state index contributed by atoms with van der Waals surface area (Å²) in [4.78, 5) is 25.1. The smallest absolute Gasteiger partial charge is 0.227 e. The molecular weight excluding hydrogens is 218 g/mol. The number of amides is 2. The van der Waals surface area contributed by atoms with Gasteiger partial charge >= 0.3 is 0 Å². The molecule has 17 heavy (non-hydrogen) atoms. The largest absolute Gasteiger partial charge is 0.352 e. The Bertz CT molecular complexity index is 319. The second-order valence-electron chi connectivity index (χ2n) is 5.21. The van der Waals surface area contributed by atoms with Crippen LogP contribution in [-0.4, -0.2) is 48.9 Å². The van der Waals surface area contributed by atoms with E-state index in [0.29, 0.717) is 12.5 Å². The number of nitrogens with zero attached hydrogens (tertiary/aromatic N) is 1. The molecule has 5 heteroatoms. The van der Waals surface area contributed by atoms with E-state index in [2.05, 4.69) is 17.6 Å². The first-order valence-electron chi connectivity index (χ1n) is 6.34. The van der Waals surface area contributed by atoms with E-state index >= 15 is 0 Å². The van der Waals surface area contributed by atoms with Crippen LogP contribution in [-0.2, 0) is 9.59 Å². The molecule has 2 fully saturated rings. The third-order valence-corrected chi connectivity index (χ3v) is 3.74. The SMILES string of the molecule is CC(=O)NC1CCN(C(=O)[C@@H]2CNC[C@H]2C)C1. The van der Waals surface area contributed by atoms with Crippen molar-refractivity contribution in [3.63, 3.8) is 0 Å². The predicted octanol–water partition coefficient (Wildman–Crippen LogP) is -0.421. The van der Waals surface area contributed by atoms with Gasteiger partial charge in [-0.3, -0.25) is 9.59 Å². The number of carbonyl (C=O) groups is 2. The van der Waals surface area contributed by atoms with Crippen molar-refractivity contribution in [3.05, 3.63) is 0 Å². The van der Waals surface area contributed by atoms with Gasteiger partial charge in [-0.05, 0) is 18.9 Å². The molecule has 0 radical (unpaired) electrons. The maximum atomic E-state index is 12.3. The van der Waals surface area contributed by atoms with Crippen molar-refractivity contribution < 1.29 is 9.59 Å². The highest BCUT2D eigenvalue weighted by Crippen LogP contribution is 2.21. The van der Waals surface area contributed by atoms with E-state index in [-0.39, 0.29) is 23.8 Å². The van der Waals surface area contributed by atoms with Crippen LogP contribution in [0.3, 0.4) is 0 Å². The van der Waals surface area contributed by atoms with Crippen molar-refractivity contribution in [2.75, 3.05) is 26.2 Å². The van der Waals surface area contributed by atoms with Crippen molar-refractivity contribution in [1.29, 1.82) is 0 Å². The van der Waals surface area contributed by atoms with E-state index in [0.717, 1.165) is 26.1 Å². The van der Waals surface area contributed by atoms with Crippen molar-refractivity contribution in [1.82, 2.24) is 15.5 Å². The average molecular weight is 239 g/mol. The molecule has 2 N–H and O–H groups in total. The Labute approximate surface area is 102 Å². The van der Waals surface area contributed by atoms with Gasteiger partial charge in [0, 0.05) is 32.6 Å². The van der Waals surface area contributed by atoms with Crippen LogP contribution < -0.4 is 10.6 Å². The van der Waals surface area contributed by atoms with Crippen molar-refractivity contribution in [3.8, 4) is 0 Å². The Hall–Kier alpha value is -1.10. The monoisotopic (exact) mass is 239 g/mol. The normalized spacial score (nSPS) is 32.8. The van der Waals surface area contributed by atoms with Crippen molar-refractivity contribution >= 4 is 11.8 Å². The molecule has 0 bridgehead atoms. The predicted molar refractivity (Wildman–Crippen MR) is 64.3 cm³/mol. The summed E-state index contributed by atoms with van der Waals surface area (Å²) in [6, 6.07) is 0.140. The van der Waals surface area contributed by atoms with Gasteiger partial charge in [0.1, 0.15) is 0 Å². The standard InChI is InChI=1S/C12H21N3O2/c1-8-5-13-6-11(8)12(17)15-4-3-10(7-15)14-9(2)16/h8,10-11,13H,3-7H2,1-2H3,(H,14,16)/t8-,10?,11-/m1/s1. The van der Waals surface area contributed by atoms with Gasteiger partial charge in [-0.25, -0.2) is 0 Å². The molecule has 2 saturated heterocycles. The van der Waals surface area contributed by atoms with Crippen LogP contribution in [0, 0.1) is 11.8 Å². The maximum Gasteiger partial charge on any atom is 0.227 e. The fourth-order valence-corrected chi connectivity index (χ4v) is 2.74. The summed E-state index contributed by atoms with van der Waals surface area (Å²) in [6.07, 6.45) is 0.875. The summed E-state index contributed by atoms with van der Waals surface area (Å²) in [5.41, 5.74) is 0. The molecule has 96 valence electrons. The third-order valence-electron chi connectivity index (χ3n) is 3.74. The molecule has 0 spiro atoms. The summed E-state index contributed by atoms with van der Waals surface area (Å²) < 4.78 is 0. The van der Waals surface area contributed by atoms with Crippen LogP contribution in [0.4, 0.5) is 0 Å². The zero-order valence-electron chi connectivity index (χ0n) is 10.5. The summed E-state index contributed by atoms with van der Waals surface area (Å²) >= 11 is 0. The van der Waals surface area contributed by atoms with Gasteiger partial charge in [0.25, 0.3) is 0 Å². The van der Waals surface area contributed by atoms with Gasteiger partial charge < -0.3 is 15.5 Å². The lowest BCUT2D eigenvalue weighted by Crippen LogP contribution is -2.40. The van der Waals surface area contributed by atoms with E-state index in [4.69, 9.17) is 0 Å². The van der Waals surface area contributed by atoms with Crippen LogP contribution in [0.25, 0.3) is 0 Å². The lowest BCUT2D eigenvalue weighted by atomic mass is 9.97.